The van der Waals surface area contributed by atoms with Gasteiger partial charge in [0.05, 0.1) is 12.8 Å². The van der Waals surface area contributed by atoms with Crippen LogP contribution < -0.4 is 0 Å². The van der Waals surface area contributed by atoms with E-state index in [4.69, 9.17) is 19.3 Å². The molecule has 0 unspecified atom stereocenters. The van der Waals surface area contributed by atoms with E-state index in [0.29, 0.717) is 12.8 Å². The molecule has 61 heavy (non-hydrogen) atoms. The predicted octanol–water partition coefficient (Wildman–Crippen LogP) is 11.8. The number of hydrogen-bond donors (Lipinski definition) is 4. The van der Waals surface area contributed by atoms with Crippen LogP contribution in [0.1, 0.15) is 258 Å². The van der Waals surface area contributed by atoms with Crippen LogP contribution in [0.15, 0.2) is 0 Å². The highest BCUT2D eigenvalue weighted by Crippen LogP contribution is 2.30. The lowest BCUT2D eigenvalue weighted by Gasteiger charge is -2.44. The molecular formula is C50H92O11. The molecule has 0 amide bonds. The first-order valence-corrected chi connectivity index (χ1v) is 25.5. The number of unbranched alkanes of at least 4 members (excludes halogenated alkanes) is 32. The van der Waals surface area contributed by atoms with Gasteiger partial charge in [0.2, 0.25) is 0 Å². The van der Waals surface area contributed by atoms with Gasteiger partial charge in [-0.1, -0.05) is 219 Å². The quantitative estimate of drug-likeness (QED) is 0.0261. The number of aliphatic hydroxyl groups is 3. The van der Waals surface area contributed by atoms with Gasteiger partial charge in [0.25, 0.3) is 0 Å². The van der Waals surface area contributed by atoms with Gasteiger partial charge in [-0.15, -0.1) is 0 Å². The van der Waals surface area contributed by atoms with E-state index < -0.39 is 73.3 Å². The highest BCUT2D eigenvalue weighted by atomic mass is 16.6. The predicted molar refractivity (Wildman–Crippen MR) is 242 cm³/mol. The number of rotatable bonds is 42. The number of ether oxygens (including phenoxy) is 3. The Labute approximate surface area is 371 Å². The Morgan fingerprint density at radius 1 is 0.311 bits per heavy atom. The second-order valence-corrected chi connectivity index (χ2v) is 18.0. The maximum atomic E-state index is 13.1. The number of esters is 3. The SMILES string of the molecule is CCCCCCCCCCCCCCCCCCCC(=O)O[C@@H]1[C@H](OC(=O)CCCCCCCCCCCCCCCCCCC)[C@H](O)[C@@H](O)[C@H](O)[C@H]1OC(=O)CCC(=O)O. The molecule has 0 saturated heterocycles. The minimum atomic E-state index is -1.88. The summed E-state index contributed by atoms with van der Waals surface area (Å²) in [4.78, 5) is 49.7. The number of carboxylic acid groups (broad SMARTS) is 1. The highest BCUT2D eigenvalue weighted by Gasteiger charge is 2.55. The lowest BCUT2D eigenvalue weighted by Crippen LogP contribution is -2.66. The molecule has 1 saturated carbocycles. The van der Waals surface area contributed by atoms with Crippen molar-refractivity contribution >= 4 is 23.9 Å². The van der Waals surface area contributed by atoms with E-state index in [-0.39, 0.29) is 12.8 Å². The first-order valence-electron chi connectivity index (χ1n) is 25.5. The molecule has 0 aromatic carbocycles. The average Bonchev–Trinajstić information content (AvgIpc) is 3.24. The lowest BCUT2D eigenvalue weighted by atomic mass is 9.84. The molecule has 0 spiro atoms. The van der Waals surface area contributed by atoms with E-state index in [1.165, 1.54) is 154 Å². The summed E-state index contributed by atoms with van der Waals surface area (Å²) in [6.45, 7) is 4.50. The molecule has 11 nitrogen and oxygen atoms in total. The number of aliphatic carboxylic acids is 1. The molecule has 1 aliphatic carbocycles. The monoisotopic (exact) mass is 869 g/mol. The zero-order valence-electron chi connectivity index (χ0n) is 39.0. The Balaban J connectivity index is 2.45. The van der Waals surface area contributed by atoms with Crippen LogP contribution in [0.3, 0.4) is 0 Å². The minimum Gasteiger partial charge on any atom is -0.481 e. The molecule has 4 N–H and O–H groups in total. The molecule has 1 fully saturated rings. The molecule has 11 heteroatoms. The van der Waals surface area contributed by atoms with Gasteiger partial charge in [-0.25, -0.2) is 0 Å². The van der Waals surface area contributed by atoms with Crippen molar-refractivity contribution < 1.29 is 53.8 Å². The molecule has 6 atom stereocenters. The van der Waals surface area contributed by atoms with Crippen molar-refractivity contribution in [1.29, 1.82) is 0 Å². The third-order valence-electron chi connectivity index (χ3n) is 12.3. The summed E-state index contributed by atoms with van der Waals surface area (Å²) in [5, 5.41) is 41.4. The van der Waals surface area contributed by atoms with Gasteiger partial charge in [-0.3, -0.25) is 19.2 Å². The Morgan fingerprint density at radius 3 is 0.803 bits per heavy atom. The fraction of sp³-hybridized carbons (Fsp3) is 0.920. The smallest absolute Gasteiger partial charge is 0.306 e. The molecule has 358 valence electrons. The average molecular weight is 869 g/mol. The van der Waals surface area contributed by atoms with Gasteiger partial charge in [-0.2, -0.15) is 0 Å². The highest BCUT2D eigenvalue weighted by molar-refractivity contribution is 5.77. The maximum Gasteiger partial charge on any atom is 0.306 e. The van der Waals surface area contributed by atoms with Crippen molar-refractivity contribution in [3.05, 3.63) is 0 Å². The molecule has 0 bridgehead atoms. The first kappa shape index (κ1) is 56.8. The molecule has 0 aromatic heterocycles. The van der Waals surface area contributed by atoms with Crippen LogP contribution >= 0.6 is 0 Å². The fourth-order valence-electron chi connectivity index (χ4n) is 8.40. The van der Waals surface area contributed by atoms with Crippen molar-refractivity contribution in [3.8, 4) is 0 Å². The minimum absolute atomic E-state index is 0.0312. The van der Waals surface area contributed by atoms with Crippen LogP contribution in [-0.2, 0) is 33.4 Å². The second kappa shape index (κ2) is 39.4. The van der Waals surface area contributed by atoms with E-state index in [2.05, 4.69) is 13.8 Å². The van der Waals surface area contributed by atoms with Crippen LogP contribution in [0.2, 0.25) is 0 Å². The van der Waals surface area contributed by atoms with Crippen LogP contribution in [0.25, 0.3) is 0 Å². The summed E-state index contributed by atoms with van der Waals surface area (Å²) >= 11 is 0. The topological polar surface area (TPSA) is 177 Å². The van der Waals surface area contributed by atoms with Gasteiger partial charge >= 0.3 is 23.9 Å². The Kier molecular flexibility index (Phi) is 36.6. The first-order chi connectivity index (χ1) is 29.6. The lowest BCUT2D eigenvalue weighted by molar-refractivity contribution is -0.248. The van der Waals surface area contributed by atoms with Crippen molar-refractivity contribution in [1.82, 2.24) is 0 Å². The third-order valence-corrected chi connectivity index (χ3v) is 12.3. The largest absolute Gasteiger partial charge is 0.481 e. The second-order valence-electron chi connectivity index (χ2n) is 18.0. The maximum absolute atomic E-state index is 13.1. The number of aliphatic hydroxyl groups excluding tert-OH is 3. The molecule has 0 aliphatic heterocycles. The van der Waals surface area contributed by atoms with E-state index in [0.717, 1.165) is 51.4 Å². The molecule has 0 radical (unpaired) electrons. The van der Waals surface area contributed by atoms with Crippen LogP contribution in [-0.4, -0.2) is 80.9 Å². The van der Waals surface area contributed by atoms with E-state index in [1.54, 1.807) is 0 Å². The molecule has 0 heterocycles. The van der Waals surface area contributed by atoms with E-state index in [9.17, 15) is 34.5 Å². The number of hydrogen-bond acceptors (Lipinski definition) is 10. The van der Waals surface area contributed by atoms with Gasteiger partial charge in [0.15, 0.2) is 18.3 Å². The van der Waals surface area contributed by atoms with Crippen LogP contribution in [0.4, 0.5) is 0 Å². The Hall–Kier alpha value is -2.24. The van der Waals surface area contributed by atoms with Gasteiger partial charge in [-0.05, 0) is 12.8 Å². The zero-order chi connectivity index (χ0) is 44.8. The summed E-state index contributed by atoms with van der Waals surface area (Å²) < 4.78 is 16.6. The van der Waals surface area contributed by atoms with Gasteiger partial charge < -0.3 is 34.6 Å². The normalized spacial score (nSPS) is 20.1. The van der Waals surface area contributed by atoms with E-state index >= 15 is 0 Å². The molecule has 0 aromatic rings. The summed E-state index contributed by atoms with van der Waals surface area (Å²) in [6.07, 6.45) is 29.5. The molecular weight excluding hydrogens is 777 g/mol. The number of carbonyl (C=O) groups is 4. The summed E-state index contributed by atoms with van der Waals surface area (Å²) in [7, 11) is 0. The van der Waals surface area contributed by atoms with Crippen LogP contribution in [0.5, 0.6) is 0 Å². The summed E-state index contributed by atoms with van der Waals surface area (Å²) in [6, 6.07) is 0. The molecule has 1 aliphatic rings. The number of carbonyl (C=O) groups excluding carboxylic acids is 3. The Morgan fingerprint density at radius 2 is 0.541 bits per heavy atom. The van der Waals surface area contributed by atoms with Crippen molar-refractivity contribution in [2.45, 2.75) is 294 Å². The standard InChI is InChI=1S/C50H92O11/c1-3-5-7-9-11-13-15-17-19-21-23-25-27-29-31-33-35-37-42(53)59-48-46(57)45(56)47(58)49(60-44(55)40-39-41(51)52)50(48)61-43(54)38-36-34-32-30-28-26-24-22-20-18-16-14-12-10-8-6-4-2/h45-50,56-58H,3-40H2,1-2H3,(H,51,52)/t45-,46-,47+,48-,49-,50-/m1/s1. The van der Waals surface area contributed by atoms with Crippen LogP contribution in [0, 0.1) is 0 Å². The van der Waals surface area contributed by atoms with Gasteiger partial charge in [0.1, 0.15) is 18.3 Å². The summed E-state index contributed by atoms with van der Waals surface area (Å²) in [5.41, 5.74) is 0. The summed E-state index contributed by atoms with van der Waals surface area (Å²) in [5.74, 6) is -3.58. The van der Waals surface area contributed by atoms with Crippen molar-refractivity contribution in [2.24, 2.45) is 0 Å². The number of carboxylic acids is 1. The fourth-order valence-corrected chi connectivity index (χ4v) is 8.40. The van der Waals surface area contributed by atoms with Crippen molar-refractivity contribution in [2.75, 3.05) is 0 Å². The van der Waals surface area contributed by atoms with Crippen molar-refractivity contribution in [3.63, 3.8) is 0 Å². The zero-order valence-corrected chi connectivity index (χ0v) is 39.0. The third kappa shape index (κ3) is 30.5. The Bertz CT molecular complexity index is 1080. The molecule has 1 rings (SSSR count). The van der Waals surface area contributed by atoms with E-state index in [1.807, 2.05) is 0 Å². The van der Waals surface area contributed by atoms with Gasteiger partial charge in [0, 0.05) is 12.8 Å².